The maximum absolute atomic E-state index is 12.3. The van der Waals surface area contributed by atoms with Gasteiger partial charge in [-0.1, -0.05) is 12.1 Å². The van der Waals surface area contributed by atoms with E-state index in [1.165, 1.54) is 4.31 Å². The Morgan fingerprint density at radius 1 is 1.15 bits per heavy atom. The number of para-hydroxylation sites is 2. The van der Waals surface area contributed by atoms with Crippen molar-refractivity contribution in [3.8, 4) is 0 Å². The number of sulfonamides is 1. The molecule has 1 aromatic heterocycles. The molecular formula is C18H18N4O3S. The van der Waals surface area contributed by atoms with Gasteiger partial charge in [-0.3, -0.25) is 9.10 Å². The maximum Gasteiger partial charge on any atom is 0.251 e. The summed E-state index contributed by atoms with van der Waals surface area (Å²) in [6.45, 7) is 0.774. The standard InChI is InChI=1S/C18H18N4O3S/c23-18(19-12-17-20-15-4-1-2-5-16(15)21-17)13-6-8-14(9-7-13)22-10-3-11-26(22,24)25/h1-2,4-9H,3,10-12H2,(H,19,23)(H,20,21). The molecule has 1 fully saturated rings. The molecule has 1 amide bonds. The second-order valence-corrected chi connectivity index (χ2v) is 8.18. The lowest BCUT2D eigenvalue weighted by Gasteiger charge is -2.16. The number of benzene rings is 2. The van der Waals surface area contributed by atoms with Gasteiger partial charge in [-0.05, 0) is 42.8 Å². The number of carbonyl (C=O) groups excluding carboxylic acids is 1. The fourth-order valence-electron chi connectivity index (χ4n) is 3.06. The van der Waals surface area contributed by atoms with Crippen LogP contribution in [0.2, 0.25) is 0 Å². The highest BCUT2D eigenvalue weighted by Gasteiger charge is 2.28. The topological polar surface area (TPSA) is 95.2 Å². The van der Waals surface area contributed by atoms with E-state index in [9.17, 15) is 13.2 Å². The first-order chi connectivity index (χ1) is 12.5. The van der Waals surface area contributed by atoms with Gasteiger partial charge in [0, 0.05) is 12.1 Å². The van der Waals surface area contributed by atoms with Gasteiger partial charge in [-0.15, -0.1) is 0 Å². The minimum atomic E-state index is -3.21. The number of aromatic amines is 1. The molecule has 3 aromatic rings. The summed E-state index contributed by atoms with van der Waals surface area (Å²) in [5.74, 6) is 0.618. The molecule has 1 aliphatic rings. The zero-order valence-electron chi connectivity index (χ0n) is 14.0. The highest BCUT2D eigenvalue weighted by Crippen LogP contribution is 2.24. The number of H-pyrrole nitrogens is 1. The number of imidazole rings is 1. The number of nitrogens with one attached hydrogen (secondary N) is 2. The summed E-state index contributed by atoms with van der Waals surface area (Å²) in [7, 11) is -3.21. The predicted octanol–water partition coefficient (Wildman–Crippen LogP) is 2.03. The molecule has 0 spiro atoms. The zero-order chi connectivity index (χ0) is 18.1. The quantitative estimate of drug-likeness (QED) is 0.735. The van der Waals surface area contributed by atoms with Gasteiger partial charge >= 0.3 is 0 Å². The average molecular weight is 370 g/mol. The van der Waals surface area contributed by atoms with E-state index < -0.39 is 10.0 Å². The van der Waals surface area contributed by atoms with Gasteiger partial charge in [0.1, 0.15) is 5.82 Å². The first-order valence-corrected chi connectivity index (χ1v) is 9.96. The van der Waals surface area contributed by atoms with E-state index in [1.54, 1.807) is 24.3 Å². The fourth-order valence-corrected chi connectivity index (χ4v) is 4.63. The number of aromatic nitrogens is 2. The van der Waals surface area contributed by atoms with Crippen molar-refractivity contribution < 1.29 is 13.2 Å². The van der Waals surface area contributed by atoms with Crippen LogP contribution >= 0.6 is 0 Å². The van der Waals surface area contributed by atoms with Crippen molar-refractivity contribution in [1.29, 1.82) is 0 Å². The van der Waals surface area contributed by atoms with Crippen LogP contribution in [0.25, 0.3) is 11.0 Å². The van der Waals surface area contributed by atoms with Gasteiger partial charge in [0.2, 0.25) is 10.0 Å². The SMILES string of the molecule is O=C(NCc1nc2ccccc2[nH]1)c1ccc(N2CCCS2(=O)=O)cc1. The van der Waals surface area contributed by atoms with E-state index in [2.05, 4.69) is 15.3 Å². The average Bonchev–Trinajstić information content (AvgIpc) is 3.22. The first kappa shape index (κ1) is 16.6. The van der Waals surface area contributed by atoms with Crippen LogP contribution in [0, 0.1) is 0 Å². The smallest absolute Gasteiger partial charge is 0.251 e. The molecule has 1 saturated heterocycles. The second-order valence-electron chi connectivity index (χ2n) is 6.17. The van der Waals surface area contributed by atoms with Crippen LogP contribution in [0.3, 0.4) is 0 Å². The summed E-state index contributed by atoms with van der Waals surface area (Å²) < 4.78 is 25.3. The number of amides is 1. The molecule has 1 aliphatic heterocycles. The van der Waals surface area contributed by atoms with Crippen molar-refractivity contribution in [1.82, 2.24) is 15.3 Å². The van der Waals surface area contributed by atoms with Gasteiger partial charge < -0.3 is 10.3 Å². The van der Waals surface area contributed by atoms with Crippen LogP contribution in [0.1, 0.15) is 22.6 Å². The molecular weight excluding hydrogens is 352 g/mol. The molecule has 0 unspecified atom stereocenters. The molecule has 2 heterocycles. The Morgan fingerprint density at radius 2 is 1.92 bits per heavy atom. The van der Waals surface area contributed by atoms with Gasteiger partial charge in [-0.2, -0.15) is 0 Å². The number of hydrogen-bond acceptors (Lipinski definition) is 4. The Bertz CT molecular complexity index is 1020. The number of nitrogens with zero attached hydrogens (tertiary/aromatic N) is 2. The van der Waals surface area contributed by atoms with Crippen molar-refractivity contribution in [2.24, 2.45) is 0 Å². The van der Waals surface area contributed by atoms with E-state index in [-0.39, 0.29) is 18.2 Å². The first-order valence-electron chi connectivity index (χ1n) is 8.35. The highest BCUT2D eigenvalue weighted by atomic mass is 32.2. The van der Waals surface area contributed by atoms with Crippen LogP contribution in [-0.2, 0) is 16.6 Å². The summed E-state index contributed by atoms with van der Waals surface area (Å²) in [6, 6.07) is 14.3. The number of rotatable bonds is 4. The Hall–Kier alpha value is -2.87. The summed E-state index contributed by atoms with van der Waals surface area (Å²) in [6.07, 6.45) is 0.627. The minimum Gasteiger partial charge on any atom is -0.345 e. The van der Waals surface area contributed by atoms with E-state index in [4.69, 9.17) is 0 Å². The molecule has 2 N–H and O–H groups in total. The fraction of sp³-hybridized carbons (Fsp3) is 0.222. The van der Waals surface area contributed by atoms with Crippen LogP contribution in [0.4, 0.5) is 5.69 Å². The van der Waals surface area contributed by atoms with Crippen molar-refractivity contribution in [2.45, 2.75) is 13.0 Å². The Balaban J connectivity index is 1.43. The predicted molar refractivity (Wildman–Crippen MR) is 99.5 cm³/mol. The lowest BCUT2D eigenvalue weighted by atomic mass is 10.2. The third-order valence-corrected chi connectivity index (χ3v) is 6.24. The molecule has 8 heteroatoms. The van der Waals surface area contributed by atoms with E-state index in [0.717, 1.165) is 11.0 Å². The Kier molecular flexibility index (Phi) is 4.12. The third-order valence-electron chi connectivity index (χ3n) is 4.37. The van der Waals surface area contributed by atoms with Gasteiger partial charge in [-0.25, -0.2) is 13.4 Å². The van der Waals surface area contributed by atoms with Crippen LogP contribution < -0.4 is 9.62 Å². The lowest BCUT2D eigenvalue weighted by Crippen LogP contribution is -2.26. The van der Waals surface area contributed by atoms with E-state index >= 15 is 0 Å². The monoisotopic (exact) mass is 370 g/mol. The number of hydrogen-bond donors (Lipinski definition) is 2. The highest BCUT2D eigenvalue weighted by molar-refractivity contribution is 7.93. The number of fused-ring (bicyclic) bond motifs is 1. The molecule has 7 nitrogen and oxygen atoms in total. The van der Waals surface area contributed by atoms with Crippen molar-refractivity contribution >= 4 is 32.7 Å². The van der Waals surface area contributed by atoms with Gasteiger partial charge in [0.05, 0.1) is 29.0 Å². The molecule has 0 aliphatic carbocycles. The normalized spacial score (nSPS) is 16.1. The Morgan fingerprint density at radius 3 is 2.62 bits per heavy atom. The van der Waals surface area contributed by atoms with Crippen LogP contribution in [-0.4, -0.2) is 36.6 Å². The zero-order valence-corrected chi connectivity index (χ0v) is 14.8. The molecule has 26 heavy (non-hydrogen) atoms. The molecule has 0 bridgehead atoms. The van der Waals surface area contributed by atoms with Gasteiger partial charge in [0.25, 0.3) is 5.91 Å². The molecule has 0 saturated carbocycles. The Labute approximate surface area is 151 Å². The maximum atomic E-state index is 12.3. The summed E-state index contributed by atoms with van der Waals surface area (Å²) >= 11 is 0. The molecule has 0 atom stereocenters. The van der Waals surface area contributed by atoms with Crippen molar-refractivity contribution in [3.05, 3.63) is 59.9 Å². The molecule has 2 aromatic carbocycles. The number of anilines is 1. The summed E-state index contributed by atoms with van der Waals surface area (Å²) in [5.41, 5.74) is 2.85. The molecule has 134 valence electrons. The minimum absolute atomic E-state index is 0.173. The van der Waals surface area contributed by atoms with Crippen LogP contribution in [0.5, 0.6) is 0 Å². The summed E-state index contributed by atoms with van der Waals surface area (Å²) in [5, 5.41) is 2.82. The summed E-state index contributed by atoms with van der Waals surface area (Å²) in [4.78, 5) is 19.9. The number of carbonyl (C=O) groups is 1. The van der Waals surface area contributed by atoms with E-state index in [0.29, 0.717) is 30.0 Å². The molecule has 4 rings (SSSR count). The van der Waals surface area contributed by atoms with Gasteiger partial charge in [0.15, 0.2) is 0 Å². The van der Waals surface area contributed by atoms with E-state index in [1.807, 2.05) is 24.3 Å². The molecule has 0 radical (unpaired) electrons. The lowest BCUT2D eigenvalue weighted by molar-refractivity contribution is 0.0950. The largest absolute Gasteiger partial charge is 0.345 e. The van der Waals surface area contributed by atoms with Crippen molar-refractivity contribution in [2.75, 3.05) is 16.6 Å². The van der Waals surface area contributed by atoms with Crippen LogP contribution in [0.15, 0.2) is 48.5 Å². The second kappa shape index (κ2) is 6.45. The van der Waals surface area contributed by atoms with Crippen molar-refractivity contribution in [3.63, 3.8) is 0 Å². The third kappa shape index (κ3) is 3.15.